The maximum atomic E-state index is 12.4. The molecular weight excluding hydrogens is 398 g/mol. The van der Waals surface area contributed by atoms with E-state index in [1.54, 1.807) is 24.3 Å². The highest BCUT2D eigenvalue weighted by molar-refractivity contribution is 7.89. The molecule has 0 unspecified atom stereocenters. The minimum Gasteiger partial charge on any atom is -0.493 e. The summed E-state index contributed by atoms with van der Waals surface area (Å²) in [6.07, 6.45) is 0. The standard InChI is InChI=1S/C19H21N3O6S/c1-22(2)29(23,24)14-8-6-7-12(9-14)18-20-21-19(28-18)13-10-15(25-3)17(27-5)16(11-13)26-4/h6-11H,1-5H3. The summed E-state index contributed by atoms with van der Waals surface area (Å²) in [6, 6.07) is 9.68. The van der Waals surface area contributed by atoms with E-state index in [1.165, 1.54) is 47.6 Å². The van der Waals surface area contributed by atoms with Crippen molar-refractivity contribution in [2.75, 3.05) is 35.4 Å². The molecule has 29 heavy (non-hydrogen) atoms. The molecule has 2 aromatic carbocycles. The fourth-order valence-electron chi connectivity index (χ4n) is 2.66. The number of rotatable bonds is 7. The third kappa shape index (κ3) is 3.89. The highest BCUT2D eigenvalue weighted by Gasteiger charge is 2.20. The zero-order chi connectivity index (χ0) is 21.2. The van der Waals surface area contributed by atoms with E-state index in [-0.39, 0.29) is 16.7 Å². The van der Waals surface area contributed by atoms with E-state index in [9.17, 15) is 8.42 Å². The quantitative estimate of drug-likeness (QED) is 0.576. The first-order chi connectivity index (χ1) is 13.8. The Morgan fingerprint density at radius 3 is 1.97 bits per heavy atom. The fourth-order valence-corrected chi connectivity index (χ4v) is 3.61. The van der Waals surface area contributed by atoms with Crippen LogP contribution in [0.3, 0.4) is 0 Å². The summed E-state index contributed by atoms with van der Waals surface area (Å²) in [7, 11) is 3.89. The predicted molar refractivity (Wildman–Crippen MR) is 106 cm³/mol. The molecule has 0 atom stereocenters. The lowest BCUT2D eigenvalue weighted by Crippen LogP contribution is -2.22. The molecule has 0 aliphatic heterocycles. The molecule has 0 spiro atoms. The van der Waals surface area contributed by atoms with Gasteiger partial charge in [-0.05, 0) is 30.3 Å². The van der Waals surface area contributed by atoms with Gasteiger partial charge in [0.05, 0.1) is 26.2 Å². The SMILES string of the molecule is COc1cc(-c2nnc(-c3cccc(S(=O)(=O)N(C)C)c3)o2)cc(OC)c1OC. The summed E-state index contributed by atoms with van der Waals surface area (Å²) >= 11 is 0. The van der Waals surface area contributed by atoms with Crippen molar-refractivity contribution in [2.45, 2.75) is 4.90 Å². The molecule has 0 N–H and O–H groups in total. The Morgan fingerprint density at radius 2 is 1.45 bits per heavy atom. The monoisotopic (exact) mass is 419 g/mol. The molecule has 1 heterocycles. The number of aromatic nitrogens is 2. The molecule has 3 aromatic rings. The zero-order valence-electron chi connectivity index (χ0n) is 16.7. The van der Waals surface area contributed by atoms with Gasteiger partial charge in [-0.3, -0.25) is 0 Å². The number of nitrogens with zero attached hydrogens (tertiary/aromatic N) is 3. The maximum absolute atomic E-state index is 12.4. The highest BCUT2D eigenvalue weighted by atomic mass is 32.2. The smallest absolute Gasteiger partial charge is 0.248 e. The van der Waals surface area contributed by atoms with Crippen LogP contribution in [0.2, 0.25) is 0 Å². The van der Waals surface area contributed by atoms with Gasteiger partial charge in [0.25, 0.3) is 0 Å². The van der Waals surface area contributed by atoms with Crippen LogP contribution in [0.1, 0.15) is 0 Å². The second-order valence-corrected chi connectivity index (χ2v) is 8.29. The summed E-state index contributed by atoms with van der Waals surface area (Å²) in [5.41, 5.74) is 1.05. The summed E-state index contributed by atoms with van der Waals surface area (Å²) in [6.45, 7) is 0. The Balaban J connectivity index is 2.03. The number of methoxy groups -OCH3 is 3. The van der Waals surface area contributed by atoms with Gasteiger partial charge in [0.2, 0.25) is 27.6 Å². The van der Waals surface area contributed by atoms with Crippen LogP contribution in [-0.4, -0.2) is 58.3 Å². The zero-order valence-corrected chi connectivity index (χ0v) is 17.5. The van der Waals surface area contributed by atoms with Gasteiger partial charge < -0.3 is 18.6 Å². The first-order valence-electron chi connectivity index (χ1n) is 8.48. The summed E-state index contributed by atoms with van der Waals surface area (Å²) in [5, 5.41) is 8.11. The van der Waals surface area contributed by atoms with E-state index < -0.39 is 10.0 Å². The van der Waals surface area contributed by atoms with Crippen molar-refractivity contribution in [1.82, 2.24) is 14.5 Å². The van der Waals surface area contributed by atoms with Gasteiger partial charge in [-0.2, -0.15) is 0 Å². The van der Waals surface area contributed by atoms with Gasteiger partial charge in [-0.25, -0.2) is 12.7 Å². The van der Waals surface area contributed by atoms with Crippen molar-refractivity contribution in [3.05, 3.63) is 36.4 Å². The number of hydrogen-bond acceptors (Lipinski definition) is 8. The maximum Gasteiger partial charge on any atom is 0.248 e. The van der Waals surface area contributed by atoms with E-state index in [1.807, 2.05) is 0 Å². The Bertz CT molecular complexity index is 1100. The molecule has 0 fully saturated rings. The Kier molecular flexibility index (Phi) is 5.76. The van der Waals surface area contributed by atoms with Crippen molar-refractivity contribution in [1.29, 1.82) is 0 Å². The molecule has 3 rings (SSSR count). The summed E-state index contributed by atoms with van der Waals surface area (Å²) in [5.74, 6) is 1.74. The van der Waals surface area contributed by atoms with Crippen LogP contribution in [-0.2, 0) is 10.0 Å². The van der Waals surface area contributed by atoms with Crippen molar-refractivity contribution >= 4 is 10.0 Å². The van der Waals surface area contributed by atoms with E-state index in [0.29, 0.717) is 28.4 Å². The van der Waals surface area contributed by atoms with Crippen LogP contribution >= 0.6 is 0 Å². The first kappa shape index (κ1) is 20.6. The minimum atomic E-state index is -3.58. The van der Waals surface area contributed by atoms with Crippen LogP contribution in [0.4, 0.5) is 0 Å². The minimum absolute atomic E-state index is 0.132. The van der Waals surface area contributed by atoms with Gasteiger partial charge in [0, 0.05) is 25.2 Å². The van der Waals surface area contributed by atoms with Crippen LogP contribution in [0.15, 0.2) is 45.7 Å². The van der Waals surface area contributed by atoms with E-state index in [2.05, 4.69) is 10.2 Å². The van der Waals surface area contributed by atoms with Gasteiger partial charge in [0.1, 0.15) is 0 Å². The molecule has 154 valence electrons. The lowest BCUT2D eigenvalue weighted by Gasteiger charge is -2.12. The van der Waals surface area contributed by atoms with Crippen molar-refractivity contribution in [3.63, 3.8) is 0 Å². The van der Waals surface area contributed by atoms with Gasteiger partial charge in [-0.1, -0.05) is 6.07 Å². The molecule has 0 saturated heterocycles. The number of benzene rings is 2. The normalized spacial score (nSPS) is 11.5. The molecular formula is C19H21N3O6S. The topological polar surface area (TPSA) is 104 Å². The number of hydrogen-bond donors (Lipinski definition) is 0. The molecule has 0 aliphatic rings. The number of sulfonamides is 1. The van der Waals surface area contributed by atoms with Crippen molar-refractivity contribution in [3.8, 4) is 40.2 Å². The van der Waals surface area contributed by atoms with E-state index in [4.69, 9.17) is 18.6 Å². The van der Waals surface area contributed by atoms with E-state index >= 15 is 0 Å². The second-order valence-electron chi connectivity index (χ2n) is 6.14. The molecule has 0 aliphatic carbocycles. The molecule has 0 radical (unpaired) electrons. The van der Waals surface area contributed by atoms with E-state index in [0.717, 1.165) is 4.31 Å². The first-order valence-corrected chi connectivity index (χ1v) is 9.92. The molecule has 0 amide bonds. The average Bonchev–Trinajstić information content (AvgIpc) is 3.22. The Hall–Kier alpha value is -3.11. The Morgan fingerprint density at radius 1 is 0.862 bits per heavy atom. The molecule has 9 nitrogen and oxygen atoms in total. The highest BCUT2D eigenvalue weighted by Crippen LogP contribution is 2.41. The van der Waals surface area contributed by atoms with Crippen LogP contribution < -0.4 is 14.2 Å². The third-order valence-corrected chi connectivity index (χ3v) is 6.01. The van der Waals surface area contributed by atoms with Crippen LogP contribution in [0.25, 0.3) is 22.9 Å². The summed E-state index contributed by atoms with van der Waals surface area (Å²) in [4.78, 5) is 0.132. The van der Waals surface area contributed by atoms with Crippen LogP contribution in [0.5, 0.6) is 17.2 Å². The van der Waals surface area contributed by atoms with Crippen molar-refractivity contribution in [2.24, 2.45) is 0 Å². The largest absolute Gasteiger partial charge is 0.493 e. The Labute approximate surface area is 168 Å². The second kappa shape index (κ2) is 8.10. The fraction of sp³-hybridized carbons (Fsp3) is 0.263. The van der Waals surface area contributed by atoms with Gasteiger partial charge in [-0.15, -0.1) is 10.2 Å². The van der Waals surface area contributed by atoms with Crippen molar-refractivity contribution < 1.29 is 27.0 Å². The lowest BCUT2D eigenvalue weighted by molar-refractivity contribution is 0.324. The van der Waals surface area contributed by atoms with Gasteiger partial charge >= 0.3 is 0 Å². The average molecular weight is 419 g/mol. The van der Waals surface area contributed by atoms with Crippen LogP contribution in [0, 0.1) is 0 Å². The molecule has 1 aromatic heterocycles. The molecule has 10 heteroatoms. The molecule has 0 bridgehead atoms. The third-order valence-electron chi connectivity index (χ3n) is 4.20. The number of ether oxygens (including phenoxy) is 3. The lowest BCUT2D eigenvalue weighted by atomic mass is 10.2. The van der Waals surface area contributed by atoms with Gasteiger partial charge in [0.15, 0.2) is 11.5 Å². The molecule has 0 saturated carbocycles. The predicted octanol–water partition coefficient (Wildman–Crippen LogP) is 2.68. The summed E-state index contributed by atoms with van der Waals surface area (Å²) < 4.78 is 47.6.